The summed E-state index contributed by atoms with van der Waals surface area (Å²) in [6.07, 6.45) is 3.03. The first kappa shape index (κ1) is 13.2. The Balaban J connectivity index is 2.35. The number of benzene rings is 1. The Morgan fingerprint density at radius 3 is 3.00 bits per heavy atom. The van der Waals surface area contributed by atoms with Crippen LogP contribution in [0.1, 0.15) is 5.56 Å². The van der Waals surface area contributed by atoms with E-state index in [0.717, 1.165) is 5.56 Å². The minimum absolute atomic E-state index is 0.314. The zero-order valence-electron chi connectivity index (χ0n) is 9.68. The smallest absolute Gasteiger partial charge is 0.267 e. The van der Waals surface area contributed by atoms with E-state index in [1.165, 1.54) is 6.08 Å². The van der Waals surface area contributed by atoms with Gasteiger partial charge in [0.2, 0.25) is 0 Å². The fourth-order valence-corrected chi connectivity index (χ4v) is 1.12. The highest BCUT2D eigenvalue weighted by Gasteiger charge is 1.95. The fourth-order valence-electron chi connectivity index (χ4n) is 1.12. The van der Waals surface area contributed by atoms with Crippen LogP contribution in [0.25, 0.3) is 6.08 Å². The van der Waals surface area contributed by atoms with Crippen molar-refractivity contribution in [3.05, 3.63) is 35.9 Å². The summed E-state index contributed by atoms with van der Waals surface area (Å²) in [4.78, 5) is 16.1. The van der Waals surface area contributed by atoms with Crippen molar-refractivity contribution in [3.63, 3.8) is 0 Å². The Morgan fingerprint density at radius 2 is 2.29 bits per heavy atom. The van der Waals surface area contributed by atoms with Gasteiger partial charge in [-0.3, -0.25) is 9.63 Å². The summed E-state index contributed by atoms with van der Waals surface area (Å²) < 4.78 is 4.76. The molecule has 0 aliphatic carbocycles. The van der Waals surface area contributed by atoms with Gasteiger partial charge >= 0.3 is 0 Å². The molecule has 1 aromatic carbocycles. The number of nitrogens with two attached hydrogens (primary N) is 1. The molecule has 0 aliphatic rings. The van der Waals surface area contributed by atoms with Gasteiger partial charge in [0, 0.05) is 18.9 Å². The molecule has 0 fully saturated rings. The third-order valence-electron chi connectivity index (χ3n) is 1.90. The summed E-state index contributed by atoms with van der Waals surface area (Å²) in [6.45, 7) is 0.744. The number of amides is 1. The van der Waals surface area contributed by atoms with Crippen LogP contribution in [0.15, 0.2) is 30.3 Å². The van der Waals surface area contributed by atoms with Gasteiger partial charge in [-0.2, -0.15) is 0 Å². The van der Waals surface area contributed by atoms with Crippen molar-refractivity contribution in [1.29, 1.82) is 0 Å². The van der Waals surface area contributed by atoms with Gasteiger partial charge in [0.15, 0.2) is 0 Å². The van der Waals surface area contributed by atoms with E-state index in [0.29, 0.717) is 18.9 Å². The molecule has 1 amide bonds. The van der Waals surface area contributed by atoms with Crippen molar-refractivity contribution in [2.75, 3.05) is 26.1 Å². The number of nitrogens with one attached hydrogen (secondary N) is 1. The molecule has 0 aliphatic heterocycles. The summed E-state index contributed by atoms with van der Waals surface area (Å²) in [7, 11) is 1.56. The molecule has 1 rings (SSSR count). The molecule has 0 saturated heterocycles. The van der Waals surface area contributed by atoms with E-state index in [9.17, 15) is 4.79 Å². The number of nitrogen functional groups attached to an aromatic ring is 1. The maximum absolute atomic E-state index is 11.3. The molecular weight excluding hydrogens is 220 g/mol. The lowest BCUT2D eigenvalue weighted by molar-refractivity contribution is -0.129. The maximum Gasteiger partial charge on any atom is 0.267 e. The van der Waals surface area contributed by atoms with Gasteiger partial charge in [-0.15, -0.1) is 0 Å². The van der Waals surface area contributed by atoms with Crippen molar-refractivity contribution in [2.24, 2.45) is 0 Å². The van der Waals surface area contributed by atoms with E-state index in [4.69, 9.17) is 15.3 Å². The molecule has 0 aromatic heterocycles. The summed E-state index contributed by atoms with van der Waals surface area (Å²) >= 11 is 0. The molecule has 5 nitrogen and oxygen atoms in total. The van der Waals surface area contributed by atoms with Crippen molar-refractivity contribution in [3.8, 4) is 0 Å². The molecular formula is C12H16N2O3. The van der Waals surface area contributed by atoms with Crippen LogP contribution in [0.2, 0.25) is 0 Å². The molecule has 0 atom stereocenters. The van der Waals surface area contributed by atoms with Gasteiger partial charge in [0.1, 0.15) is 0 Å². The maximum atomic E-state index is 11.3. The number of hydroxylamine groups is 1. The van der Waals surface area contributed by atoms with Gasteiger partial charge in [-0.25, -0.2) is 5.48 Å². The second-order valence-electron chi connectivity index (χ2n) is 3.31. The molecule has 0 heterocycles. The van der Waals surface area contributed by atoms with E-state index in [1.54, 1.807) is 25.3 Å². The number of methoxy groups -OCH3 is 1. The number of anilines is 1. The number of carbonyl (C=O) groups is 1. The van der Waals surface area contributed by atoms with Crippen LogP contribution >= 0.6 is 0 Å². The Morgan fingerprint density at radius 1 is 1.47 bits per heavy atom. The van der Waals surface area contributed by atoms with Crippen LogP contribution in [0.4, 0.5) is 5.69 Å². The predicted octanol–water partition coefficient (Wildman–Crippen LogP) is 0.976. The van der Waals surface area contributed by atoms with Gasteiger partial charge in [-0.1, -0.05) is 12.1 Å². The Labute approximate surface area is 100 Å². The Bertz CT molecular complexity index is 391. The number of hydrogen-bond donors (Lipinski definition) is 2. The van der Waals surface area contributed by atoms with E-state index >= 15 is 0 Å². The van der Waals surface area contributed by atoms with Crippen molar-refractivity contribution < 1.29 is 14.4 Å². The molecule has 0 spiro atoms. The molecule has 3 N–H and O–H groups in total. The first-order valence-corrected chi connectivity index (χ1v) is 5.16. The average Bonchev–Trinajstić information content (AvgIpc) is 2.32. The zero-order chi connectivity index (χ0) is 12.5. The molecule has 0 radical (unpaired) electrons. The highest BCUT2D eigenvalue weighted by atomic mass is 16.7. The third-order valence-corrected chi connectivity index (χ3v) is 1.90. The predicted molar refractivity (Wildman–Crippen MR) is 65.9 cm³/mol. The van der Waals surface area contributed by atoms with E-state index in [-0.39, 0.29) is 5.91 Å². The second-order valence-corrected chi connectivity index (χ2v) is 3.31. The van der Waals surface area contributed by atoms with Crippen LogP contribution in [0, 0.1) is 0 Å². The van der Waals surface area contributed by atoms with Crippen LogP contribution < -0.4 is 11.2 Å². The van der Waals surface area contributed by atoms with Crippen molar-refractivity contribution >= 4 is 17.7 Å². The quantitative estimate of drug-likeness (QED) is 0.334. The molecule has 17 heavy (non-hydrogen) atoms. The topological polar surface area (TPSA) is 73.6 Å². The van der Waals surface area contributed by atoms with Crippen LogP contribution in [-0.4, -0.2) is 26.2 Å². The summed E-state index contributed by atoms with van der Waals surface area (Å²) in [5.41, 5.74) is 9.39. The number of ether oxygens (including phenoxy) is 1. The van der Waals surface area contributed by atoms with Crippen molar-refractivity contribution in [2.45, 2.75) is 0 Å². The monoisotopic (exact) mass is 236 g/mol. The fraction of sp³-hybridized carbons (Fsp3) is 0.250. The van der Waals surface area contributed by atoms with Crippen LogP contribution in [0.5, 0.6) is 0 Å². The third kappa shape index (κ3) is 5.70. The minimum Gasteiger partial charge on any atom is -0.399 e. The summed E-state index contributed by atoms with van der Waals surface area (Å²) in [6, 6.07) is 7.23. The summed E-state index contributed by atoms with van der Waals surface area (Å²) in [5, 5.41) is 0. The zero-order valence-corrected chi connectivity index (χ0v) is 9.68. The lowest BCUT2D eigenvalue weighted by atomic mass is 10.2. The van der Waals surface area contributed by atoms with Crippen LogP contribution in [0.3, 0.4) is 0 Å². The SMILES string of the molecule is COCCONC(=O)/C=C/c1cccc(N)c1. The van der Waals surface area contributed by atoms with Gasteiger partial charge in [-0.05, 0) is 23.8 Å². The lowest BCUT2D eigenvalue weighted by Gasteiger charge is -2.02. The van der Waals surface area contributed by atoms with E-state index in [2.05, 4.69) is 5.48 Å². The molecule has 1 aromatic rings. The van der Waals surface area contributed by atoms with Gasteiger partial charge < -0.3 is 10.5 Å². The van der Waals surface area contributed by atoms with Crippen molar-refractivity contribution in [1.82, 2.24) is 5.48 Å². The number of hydrogen-bond acceptors (Lipinski definition) is 4. The normalized spacial score (nSPS) is 10.6. The standard InChI is InChI=1S/C12H16N2O3/c1-16-7-8-17-14-12(15)6-5-10-3-2-4-11(13)9-10/h2-6,9H,7-8,13H2,1H3,(H,14,15)/b6-5+. The van der Waals surface area contributed by atoms with E-state index in [1.807, 2.05) is 12.1 Å². The highest BCUT2D eigenvalue weighted by Crippen LogP contribution is 2.07. The first-order valence-electron chi connectivity index (χ1n) is 5.16. The molecule has 0 bridgehead atoms. The molecule has 5 heteroatoms. The summed E-state index contributed by atoms with van der Waals surface area (Å²) in [5.74, 6) is -0.330. The molecule has 92 valence electrons. The first-order chi connectivity index (χ1) is 8.22. The Hall–Kier alpha value is -1.85. The molecule has 0 saturated carbocycles. The number of carbonyl (C=O) groups excluding carboxylic acids is 1. The molecule has 0 unspecified atom stereocenters. The minimum atomic E-state index is -0.330. The van der Waals surface area contributed by atoms with E-state index < -0.39 is 0 Å². The number of rotatable bonds is 6. The Kier molecular flexibility index (Phi) is 5.77. The van der Waals surface area contributed by atoms with Gasteiger partial charge in [0.05, 0.1) is 13.2 Å². The lowest BCUT2D eigenvalue weighted by Crippen LogP contribution is -2.23. The van der Waals surface area contributed by atoms with Crippen LogP contribution in [-0.2, 0) is 14.4 Å². The second kappa shape index (κ2) is 7.43. The average molecular weight is 236 g/mol. The largest absolute Gasteiger partial charge is 0.399 e. The van der Waals surface area contributed by atoms with Gasteiger partial charge in [0.25, 0.3) is 5.91 Å². The highest BCUT2D eigenvalue weighted by molar-refractivity contribution is 5.91.